The number of aliphatic hydroxyl groups is 1. The van der Waals surface area contributed by atoms with Gasteiger partial charge in [0.2, 0.25) is 5.78 Å². The summed E-state index contributed by atoms with van der Waals surface area (Å²) in [5, 5.41) is 21.8. The summed E-state index contributed by atoms with van der Waals surface area (Å²) < 4.78 is 0. The number of rotatable bonds is 6. The van der Waals surface area contributed by atoms with Gasteiger partial charge in [-0.2, -0.15) is 0 Å². The number of aromatic hydroxyl groups is 1. The molecule has 0 saturated carbocycles. The van der Waals surface area contributed by atoms with Gasteiger partial charge in [-0.25, -0.2) is 4.98 Å². The summed E-state index contributed by atoms with van der Waals surface area (Å²) in [7, 11) is 0. The van der Waals surface area contributed by atoms with Crippen molar-refractivity contribution in [3.05, 3.63) is 91.6 Å². The first-order valence-electron chi connectivity index (χ1n) is 10.0. The lowest BCUT2D eigenvalue weighted by Gasteiger charge is -2.27. The summed E-state index contributed by atoms with van der Waals surface area (Å²) in [5.74, 6) is -1.49. The van der Waals surface area contributed by atoms with Crippen molar-refractivity contribution in [2.45, 2.75) is 26.3 Å². The molecule has 0 aliphatic carbocycles. The molecule has 1 aromatic heterocycles. The highest BCUT2D eigenvalue weighted by molar-refractivity contribution is 7.14. The second-order valence-corrected chi connectivity index (χ2v) is 9.25. The van der Waals surface area contributed by atoms with Crippen molar-refractivity contribution in [3.8, 4) is 5.75 Å². The summed E-state index contributed by atoms with van der Waals surface area (Å²) in [6, 6.07) is 12.8. The number of Topliss-reactive ketones (excluding diaryl/α,β-unsaturated/α-hetero) is 1. The Morgan fingerprint density at radius 2 is 1.75 bits per heavy atom. The molecule has 0 spiro atoms. The van der Waals surface area contributed by atoms with E-state index in [1.165, 1.54) is 28.4 Å². The fourth-order valence-electron chi connectivity index (χ4n) is 3.88. The average molecular weight is 469 g/mol. The maximum atomic E-state index is 13.5. The first-order valence-corrected chi connectivity index (χ1v) is 11.2. The zero-order valence-electron chi connectivity index (χ0n) is 17.5. The van der Waals surface area contributed by atoms with E-state index >= 15 is 0 Å². The zero-order chi connectivity index (χ0) is 23.0. The molecular weight excluding hydrogens is 448 g/mol. The number of benzene rings is 2. The van der Waals surface area contributed by atoms with Crippen LogP contribution in [0.5, 0.6) is 5.75 Å². The van der Waals surface area contributed by atoms with Crippen LogP contribution in [0.25, 0.3) is 0 Å². The maximum Gasteiger partial charge on any atom is 0.290 e. The van der Waals surface area contributed by atoms with E-state index in [9.17, 15) is 19.8 Å². The number of aryl methyl sites for hydroxylation is 2. The number of nitrogens with zero attached hydrogens (tertiary/aromatic N) is 2. The van der Waals surface area contributed by atoms with E-state index in [2.05, 4.69) is 4.98 Å². The molecule has 0 bridgehead atoms. The Balaban J connectivity index is 1.72. The molecule has 0 saturated heterocycles. The molecule has 6 nitrogen and oxygen atoms in total. The van der Waals surface area contributed by atoms with Crippen molar-refractivity contribution in [1.82, 2.24) is 9.88 Å². The zero-order valence-corrected chi connectivity index (χ0v) is 19.1. The minimum atomic E-state index is -0.773. The van der Waals surface area contributed by atoms with Gasteiger partial charge in [0.25, 0.3) is 5.91 Å². The van der Waals surface area contributed by atoms with Crippen LogP contribution in [0, 0.1) is 13.8 Å². The van der Waals surface area contributed by atoms with Crippen LogP contribution < -0.4 is 0 Å². The van der Waals surface area contributed by atoms with Crippen LogP contribution in [0.2, 0.25) is 5.02 Å². The average Bonchev–Trinajstić information content (AvgIpc) is 3.23. The topological polar surface area (TPSA) is 90.7 Å². The number of aromatic nitrogens is 1. The number of halogens is 1. The van der Waals surface area contributed by atoms with Crippen LogP contribution in [0.15, 0.2) is 59.9 Å². The molecule has 8 heteroatoms. The van der Waals surface area contributed by atoms with Gasteiger partial charge in [0.05, 0.1) is 27.2 Å². The van der Waals surface area contributed by atoms with E-state index < -0.39 is 23.5 Å². The largest absolute Gasteiger partial charge is 0.508 e. The van der Waals surface area contributed by atoms with Gasteiger partial charge >= 0.3 is 0 Å². The number of carbonyl (C=O) groups excluding carboxylic acids is 2. The molecule has 1 atom stereocenters. The number of aliphatic hydroxyl groups excluding tert-OH is 1. The third-order valence-corrected chi connectivity index (χ3v) is 6.75. The predicted molar refractivity (Wildman–Crippen MR) is 123 cm³/mol. The molecule has 32 heavy (non-hydrogen) atoms. The standard InChI is InChI=1S/C24H21ClN2O4S/c1-13-23(32-14(2)26-13)21(29)19-20(16-5-9-18(28)10-6-16)27(24(31)22(19)30)12-11-15-3-7-17(25)8-4-15/h3-10,20,28,30H,11-12H2,1-2H3. The van der Waals surface area contributed by atoms with Gasteiger partial charge in [-0.1, -0.05) is 35.9 Å². The molecule has 1 unspecified atom stereocenters. The highest BCUT2D eigenvalue weighted by Crippen LogP contribution is 2.40. The Morgan fingerprint density at radius 3 is 2.34 bits per heavy atom. The van der Waals surface area contributed by atoms with Gasteiger partial charge in [-0.05, 0) is 55.7 Å². The van der Waals surface area contributed by atoms with Gasteiger partial charge in [0, 0.05) is 11.6 Å². The maximum absolute atomic E-state index is 13.5. The van der Waals surface area contributed by atoms with E-state index in [0.717, 1.165) is 10.6 Å². The van der Waals surface area contributed by atoms with Crippen LogP contribution in [0.3, 0.4) is 0 Å². The molecule has 2 N–H and O–H groups in total. The van der Waals surface area contributed by atoms with Crippen LogP contribution in [0.1, 0.15) is 37.5 Å². The van der Waals surface area contributed by atoms with E-state index in [4.69, 9.17) is 11.6 Å². The first kappa shape index (κ1) is 22.0. The molecule has 1 amide bonds. The normalized spacial score (nSPS) is 16.2. The van der Waals surface area contributed by atoms with Crippen molar-refractivity contribution >= 4 is 34.6 Å². The number of hydrogen-bond acceptors (Lipinski definition) is 6. The number of phenolic OH excluding ortho intramolecular Hbond substituents is 1. The van der Waals surface area contributed by atoms with Crippen molar-refractivity contribution in [1.29, 1.82) is 0 Å². The third kappa shape index (κ3) is 4.13. The van der Waals surface area contributed by atoms with Gasteiger partial charge in [-0.15, -0.1) is 11.3 Å². The fourth-order valence-corrected chi connectivity index (χ4v) is 4.88. The lowest BCUT2D eigenvalue weighted by molar-refractivity contribution is -0.129. The molecule has 4 rings (SSSR count). The second kappa shape index (κ2) is 8.76. The smallest absolute Gasteiger partial charge is 0.290 e. The molecule has 1 aliphatic rings. The van der Waals surface area contributed by atoms with E-state index in [-0.39, 0.29) is 17.9 Å². The van der Waals surface area contributed by atoms with Gasteiger partial charge < -0.3 is 15.1 Å². The molecular formula is C24H21ClN2O4S. The van der Waals surface area contributed by atoms with Crippen LogP contribution in [-0.2, 0) is 11.2 Å². The molecule has 0 radical (unpaired) electrons. The van der Waals surface area contributed by atoms with E-state index in [1.54, 1.807) is 38.1 Å². The lowest BCUT2D eigenvalue weighted by Crippen LogP contribution is -2.33. The number of hydrogen-bond donors (Lipinski definition) is 2. The van der Waals surface area contributed by atoms with Crippen LogP contribution in [-0.4, -0.2) is 38.3 Å². The molecule has 164 valence electrons. The lowest BCUT2D eigenvalue weighted by atomic mass is 9.95. The summed E-state index contributed by atoms with van der Waals surface area (Å²) in [5.41, 5.74) is 2.19. The van der Waals surface area contributed by atoms with Crippen molar-refractivity contribution in [2.75, 3.05) is 6.54 Å². The summed E-state index contributed by atoms with van der Waals surface area (Å²) in [4.78, 5) is 32.7. The molecule has 2 aromatic carbocycles. The summed E-state index contributed by atoms with van der Waals surface area (Å²) in [6.07, 6.45) is 0.519. The Bertz CT molecular complexity index is 1220. The van der Waals surface area contributed by atoms with E-state index in [1.807, 2.05) is 12.1 Å². The van der Waals surface area contributed by atoms with Gasteiger partial charge in [0.15, 0.2) is 5.76 Å². The Labute approximate surface area is 194 Å². The Hall–Kier alpha value is -3.16. The Morgan fingerprint density at radius 1 is 1.09 bits per heavy atom. The van der Waals surface area contributed by atoms with Crippen molar-refractivity contribution < 1.29 is 19.8 Å². The monoisotopic (exact) mass is 468 g/mol. The van der Waals surface area contributed by atoms with Gasteiger partial charge in [-0.3, -0.25) is 9.59 Å². The quantitative estimate of drug-likeness (QED) is 0.500. The number of phenols is 1. The van der Waals surface area contributed by atoms with Gasteiger partial charge in [0.1, 0.15) is 5.75 Å². The van der Waals surface area contributed by atoms with Crippen LogP contribution >= 0.6 is 22.9 Å². The van der Waals surface area contributed by atoms with Crippen molar-refractivity contribution in [2.24, 2.45) is 0 Å². The van der Waals surface area contributed by atoms with Crippen molar-refractivity contribution in [3.63, 3.8) is 0 Å². The highest BCUT2D eigenvalue weighted by atomic mass is 35.5. The van der Waals surface area contributed by atoms with Crippen LogP contribution in [0.4, 0.5) is 0 Å². The fraction of sp³-hybridized carbons (Fsp3) is 0.208. The Kier molecular flexibility index (Phi) is 6.04. The molecule has 3 aromatic rings. The number of carbonyl (C=O) groups is 2. The molecule has 1 aliphatic heterocycles. The SMILES string of the molecule is Cc1nc(C)c(C(=O)C2=C(O)C(=O)N(CCc3ccc(Cl)cc3)C2c2ccc(O)cc2)s1. The predicted octanol–water partition coefficient (Wildman–Crippen LogP) is 4.94. The third-order valence-electron chi connectivity index (χ3n) is 5.42. The highest BCUT2D eigenvalue weighted by Gasteiger charge is 2.44. The minimum absolute atomic E-state index is 0.0311. The number of thiazole rings is 1. The first-order chi connectivity index (χ1) is 15.3. The number of ketones is 1. The summed E-state index contributed by atoms with van der Waals surface area (Å²) >= 11 is 7.19. The molecule has 2 heterocycles. The summed E-state index contributed by atoms with van der Waals surface area (Å²) in [6.45, 7) is 3.82. The number of amides is 1. The molecule has 0 fully saturated rings. The van der Waals surface area contributed by atoms with E-state index in [0.29, 0.717) is 27.6 Å². The second-order valence-electron chi connectivity index (χ2n) is 7.61. The minimum Gasteiger partial charge on any atom is -0.508 e.